The smallest absolute Gasteiger partial charge is 0.0479 e. The highest BCUT2D eigenvalue weighted by molar-refractivity contribution is 6.32. The molecule has 0 heterocycles. The lowest BCUT2D eigenvalue weighted by atomic mass is 10.0. The van der Waals surface area contributed by atoms with Gasteiger partial charge in [-0.25, -0.2) is 0 Å². The van der Waals surface area contributed by atoms with E-state index >= 15 is 0 Å². The number of nitrogens with two attached hydrogens (primary N) is 2. The molecule has 0 unspecified atom stereocenters. The fourth-order valence-corrected chi connectivity index (χ4v) is 1.88. The van der Waals surface area contributed by atoms with Crippen LogP contribution < -0.4 is 11.5 Å². The molecule has 4 N–H and O–H groups in total. The number of rotatable bonds is 2. The molecule has 13 heavy (non-hydrogen) atoms. The standard InChI is InChI=1S/C10H15ClN2/c1-3-6-8(11)5-9(12)7(4-2)10(6)13/h5H,3-4,12-13H2,1-2H3. The maximum atomic E-state index is 6.00. The second-order valence-corrected chi connectivity index (χ2v) is 3.43. The summed E-state index contributed by atoms with van der Waals surface area (Å²) in [6.45, 7) is 4.07. The van der Waals surface area contributed by atoms with E-state index < -0.39 is 0 Å². The van der Waals surface area contributed by atoms with Crippen molar-refractivity contribution >= 4 is 23.0 Å². The summed E-state index contributed by atoms with van der Waals surface area (Å²) >= 11 is 6.00. The molecule has 0 atom stereocenters. The first-order valence-electron chi connectivity index (χ1n) is 4.47. The molecule has 2 nitrogen and oxygen atoms in total. The van der Waals surface area contributed by atoms with E-state index in [1.165, 1.54) is 0 Å². The number of anilines is 2. The molecule has 1 aromatic rings. The van der Waals surface area contributed by atoms with Gasteiger partial charge in [-0.05, 0) is 30.0 Å². The number of hydrogen-bond acceptors (Lipinski definition) is 2. The quantitative estimate of drug-likeness (QED) is 0.718. The third kappa shape index (κ3) is 1.73. The first-order valence-corrected chi connectivity index (χ1v) is 4.84. The van der Waals surface area contributed by atoms with Crippen LogP contribution in [0.25, 0.3) is 0 Å². The molecule has 0 aliphatic heterocycles. The fourth-order valence-electron chi connectivity index (χ4n) is 1.53. The van der Waals surface area contributed by atoms with E-state index in [-0.39, 0.29) is 0 Å². The molecule has 0 spiro atoms. The molecule has 0 aromatic heterocycles. The minimum absolute atomic E-state index is 0.676. The molecule has 0 saturated carbocycles. The lowest BCUT2D eigenvalue weighted by molar-refractivity contribution is 1.10. The highest BCUT2D eigenvalue weighted by Gasteiger charge is 2.10. The molecule has 0 aliphatic carbocycles. The predicted octanol–water partition coefficient (Wildman–Crippen LogP) is 2.63. The molecule has 0 fully saturated rings. The van der Waals surface area contributed by atoms with Gasteiger partial charge in [0.15, 0.2) is 0 Å². The Labute approximate surface area is 83.9 Å². The average Bonchev–Trinajstić information content (AvgIpc) is 2.04. The van der Waals surface area contributed by atoms with Crippen LogP contribution in [0.2, 0.25) is 5.02 Å². The van der Waals surface area contributed by atoms with Crippen molar-refractivity contribution in [1.82, 2.24) is 0 Å². The van der Waals surface area contributed by atoms with Crippen molar-refractivity contribution in [1.29, 1.82) is 0 Å². The van der Waals surface area contributed by atoms with Crippen LogP contribution in [-0.4, -0.2) is 0 Å². The third-order valence-electron chi connectivity index (χ3n) is 2.28. The van der Waals surface area contributed by atoms with Crippen LogP contribution in [-0.2, 0) is 12.8 Å². The van der Waals surface area contributed by atoms with Crippen molar-refractivity contribution in [2.45, 2.75) is 26.7 Å². The van der Waals surface area contributed by atoms with Crippen LogP contribution in [0.4, 0.5) is 11.4 Å². The van der Waals surface area contributed by atoms with Gasteiger partial charge in [-0.15, -0.1) is 0 Å². The van der Waals surface area contributed by atoms with Crippen molar-refractivity contribution in [3.8, 4) is 0 Å². The van der Waals surface area contributed by atoms with Crippen LogP contribution in [0.15, 0.2) is 6.07 Å². The Morgan fingerprint density at radius 2 is 1.69 bits per heavy atom. The summed E-state index contributed by atoms with van der Waals surface area (Å²) in [5.74, 6) is 0. The molecule has 0 radical (unpaired) electrons. The topological polar surface area (TPSA) is 52.0 Å². The van der Waals surface area contributed by atoms with Crippen molar-refractivity contribution < 1.29 is 0 Å². The van der Waals surface area contributed by atoms with Gasteiger partial charge in [-0.3, -0.25) is 0 Å². The van der Waals surface area contributed by atoms with Gasteiger partial charge in [-0.1, -0.05) is 25.4 Å². The molecule has 0 amide bonds. The van der Waals surface area contributed by atoms with Crippen molar-refractivity contribution in [3.05, 3.63) is 22.2 Å². The SMILES string of the molecule is CCc1c(N)cc(Cl)c(CC)c1N. The summed E-state index contributed by atoms with van der Waals surface area (Å²) in [5, 5.41) is 0.676. The summed E-state index contributed by atoms with van der Waals surface area (Å²) in [6, 6.07) is 1.79. The molecular formula is C10H15ClN2. The summed E-state index contributed by atoms with van der Waals surface area (Å²) in [7, 11) is 0. The number of halogens is 1. The number of hydrogen-bond donors (Lipinski definition) is 2. The van der Waals surface area contributed by atoms with E-state index in [9.17, 15) is 0 Å². The Balaban J connectivity index is 3.39. The van der Waals surface area contributed by atoms with Gasteiger partial charge in [-0.2, -0.15) is 0 Å². The van der Waals surface area contributed by atoms with Gasteiger partial charge in [0, 0.05) is 16.4 Å². The highest BCUT2D eigenvalue weighted by Crippen LogP contribution is 2.31. The van der Waals surface area contributed by atoms with Gasteiger partial charge in [0.25, 0.3) is 0 Å². The Kier molecular flexibility index (Phi) is 3.04. The lowest BCUT2D eigenvalue weighted by Crippen LogP contribution is -2.03. The Morgan fingerprint density at radius 3 is 2.15 bits per heavy atom. The molecular weight excluding hydrogens is 184 g/mol. The minimum atomic E-state index is 0.676. The average molecular weight is 199 g/mol. The van der Waals surface area contributed by atoms with Gasteiger partial charge >= 0.3 is 0 Å². The zero-order chi connectivity index (χ0) is 10.0. The van der Waals surface area contributed by atoms with Gasteiger partial charge in [0.2, 0.25) is 0 Å². The first kappa shape index (κ1) is 10.2. The normalized spacial score (nSPS) is 10.4. The fraction of sp³-hybridized carbons (Fsp3) is 0.400. The zero-order valence-corrected chi connectivity index (χ0v) is 8.78. The van der Waals surface area contributed by atoms with Gasteiger partial charge in [0.05, 0.1) is 0 Å². The molecule has 0 saturated heterocycles. The van der Waals surface area contributed by atoms with E-state index in [2.05, 4.69) is 0 Å². The number of nitrogen functional groups attached to an aromatic ring is 2. The van der Waals surface area contributed by atoms with E-state index in [1.54, 1.807) is 6.07 Å². The second-order valence-electron chi connectivity index (χ2n) is 3.03. The summed E-state index contributed by atoms with van der Waals surface area (Å²) in [4.78, 5) is 0. The maximum absolute atomic E-state index is 6.00. The molecule has 0 aliphatic rings. The third-order valence-corrected chi connectivity index (χ3v) is 2.61. The van der Waals surface area contributed by atoms with Crippen LogP contribution in [0.3, 0.4) is 0 Å². The minimum Gasteiger partial charge on any atom is -0.398 e. The second kappa shape index (κ2) is 3.88. The Morgan fingerprint density at radius 1 is 1.15 bits per heavy atom. The maximum Gasteiger partial charge on any atom is 0.0479 e. The van der Waals surface area contributed by atoms with Crippen LogP contribution in [0.1, 0.15) is 25.0 Å². The Bertz CT molecular complexity index is 293. The zero-order valence-electron chi connectivity index (χ0n) is 8.02. The first-order chi connectivity index (χ1) is 6.11. The molecule has 72 valence electrons. The predicted molar refractivity (Wildman–Crippen MR) is 59.0 cm³/mol. The van der Waals surface area contributed by atoms with Crippen molar-refractivity contribution in [2.75, 3.05) is 11.5 Å². The van der Waals surface area contributed by atoms with E-state index in [1.807, 2.05) is 13.8 Å². The van der Waals surface area contributed by atoms with E-state index in [4.69, 9.17) is 23.1 Å². The van der Waals surface area contributed by atoms with Crippen molar-refractivity contribution in [2.24, 2.45) is 0 Å². The lowest BCUT2D eigenvalue weighted by Gasteiger charge is -2.13. The van der Waals surface area contributed by atoms with E-state index in [0.29, 0.717) is 10.7 Å². The van der Waals surface area contributed by atoms with Crippen molar-refractivity contribution in [3.63, 3.8) is 0 Å². The van der Waals surface area contributed by atoms with Gasteiger partial charge in [0.1, 0.15) is 0 Å². The highest BCUT2D eigenvalue weighted by atomic mass is 35.5. The largest absolute Gasteiger partial charge is 0.398 e. The summed E-state index contributed by atoms with van der Waals surface area (Å²) in [5.41, 5.74) is 15.2. The molecule has 1 rings (SSSR count). The Hall–Kier alpha value is -0.890. The molecule has 1 aromatic carbocycles. The van der Waals surface area contributed by atoms with Crippen LogP contribution in [0.5, 0.6) is 0 Å². The van der Waals surface area contributed by atoms with Crippen LogP contribution in [0, 0.1) is 0 Å². The summed E-state index contributed by atoms with van der Waals surface area (Å²) in [6.07, 6.45) is 1.69. The molecule has 3 heteroatoms. The van der Waals surface area contributed by atoms with E-state index in [0.717, 1.165) is 29.7 Å². The van der Waals surface area contributed by atoms with Crippen LogP contribution >= 0.6 is 11.6 Å². The molecule has 0 bridgehead atoms. The summed E-state index contributed by atoms with van der Waals surface area (Å²) < 4.78 is 0. The number of benzene rings is 1. The monoisotopic (exact) mass is 198 g/mol. The van der Waals surface area contributed by atoms with Gasteiger partial charge < -0.3 is 11.5 Å².